The van der Waals surface area contributed by atoms with Gasteiger partial charge in [-0.2, -0.15) is 0 Å². The summed E-state index contributed by atoms with van der Waals surface area (Å²) >= 11 is 3.47. The molecular weight excluding hydrogens is 446 g/mol. The third-order valence-electron chi connectivity index (χ3n) is 5.48. The molecule has 3 heterocycles. The van der Waals surface area contributed by atoms with Gasteiger partial charge in [0.25, 0.3) is 0 Å². The molecule has 4 rings (SSSR count). The molecule has 2 amide bonds. The number of H-pyrrole nitrogens is 1. The molecule has 3 atom stereocenters. The quantitative estimate of drug-likeness (QED) is 0.445. The van der Waals surface area contributed by atoms with Crippen LogP contribution in [0.2, 0.25) is 0 Å². The van der Waals surface area contributed by atoms with E-state index in [1.165, 1.54) is 5.56 Å². The number of aromatic nitrogens is 2. The molecule has 1 aliphatic heterocycles. The van der Waals surface area contributed by atoms with E-state index in [2.05, 4.69) is 54.0 Å². The molecule has 0 unspecified atom stereocenters. The topological polar surface area (TPSA) is 98.9 Å². The molecule has 0 aliphatic carbocycles. The first kappa shape index (κ1) is 20.6. The van der Waals surface area contributed by atoms with Gasteiger partial charge < -0.3 is 20.9 Å². The molecule has 1 saturated heterocycles. The molecule has 30 heavy (non-hydrogen) atoms. The van der Waals surface area contributed by atoms with E-state index < -0.39 is 6.04 Å². The number of rotatable bonds is 6. The van der Waals surface area contributed by atoms with Crippen LogP contribution in [0.5, 0.6) is 0 Å². The zero-order chi connectivity index (χ0) is 21.1. The monoisotopic (exact) mass is 469 g/mol. The Kier molecular flexibility index (Phi) is 6.15. The number of halogens is 1. The largest absolute Gasteiger partial charge is 0.356 e. The van der Waals surface area contributed by atoms with Crippen LogP contribution < -0.4 is 16.0 Å². The first-order valence-electron chi connectivity index (χ1n) is 9.99. The molecule has 0 radical (unpaired) electrons. The Balaban J connectivity index is 1.28. The van der Waals surface area contributed by atoms with Crippen LogP contribution in [-0.4, -0.2) is 40.4 Å². The van der Waals surface area contributed by atoms with Crippen LogP contribution >= 0.6 is 15.9 Å². The second kappa shape index (κ2) is 8.97. The maximum Gasteiger partial charge on any atom is 0.242 e. The summed E-state index contributed by atoms with van der Waals surface area (Å²) in [6.45, 7) is 2.80. The molecule has 1 aromatic carbocycles. The number of benzene rings is 1. The van der Waals surface area contributed by atoms with Gasteiger partial charge >= 0.3 is 0 Å². The van der Waals surface area contributed by atoms with Crippen LogP contribution in [0.15, 0.2) is 53.3 Å². The fraction of sp³-hybridized carbons (Fsp3) is 0.318. The second-order valence-corrected chi connectivity index (χ2v) is 8.48. The molecule has 0 spiro atoms. The van der Waals surface area contributed by atoms with Crippen molar-refractivity contribution in [1.29, 1.82) is 0 Å². The van der Waals surface area contributed by atoms with Crippen molar-refractivity contribution in [3.63, 3.8) is 0 Å². The summed E-state index contributed by atoms with van der Waals surface area (Å²) in [7, 11) is 0. The van der Waals surface area contributed by atoms with E-state index in [-0.39, 0.29) is 17.9 Å². The summed E-state index contributed by atoms with van der Waals surface area (Å²) in [5, 5.41) is 9.97. The lowest BCUT2D eigenvalue weighted by molar-refractivity contribution is -0.129. The van der Waals surface area contributed by atoms with Crippen LogP contribution in [0.25, 0.3) is 10.9 Å². The van der Waals surface area contributed by atoms with Gasteiger partial charge in [-0.1, -0.05) is 30.3 Å². The number of hydrogen-bond donors (Lipinski definition) is 4. The number of fused-ring (bicyclic) bond motifs is 1. The standard InChI is InChI=1S/C22H24BrN5O2/c1-13(21(29)26-10-16-8-17-18(23)11-24-12-20(17)28-16)27-22(30)19-7-15(9-25-19)14-5-3-2-4-6-14/h2-6,8,11-13,15,19,25,28H,7,9-10H2,1H3,(H,26,29)(H,27,30)/t13-,15-,19+/m0/s1. The van der Waals surface area contributed by atoms with E-state index >= 15 is 0 Å². The zero-order valence-electron chi connectivity index (χ0n) is 16.6. The second-order valence-electron chi connectivity index (χ2n) is 7.63. The molecule has 3 aromatic rings. The number of hydrogen-bond acceptors (Lipinski definition) is 4. The van der Waals surface area contributed by atoms with Crippen LogP contribution in [0.1, 0.15) is 30.5 Å². The molecule has 156 valence electrons. The van der Waals surface area contributed by atoms with Crippen molar-refractivity contribution in [2.75, 3.05) is 6.54 Å². The molecule has 2 aromatic heterocycles. The number of nitrogens with zero attached hydrogens (tertiary/aromatic N) is 1. The molecule has 1 aliphatic rings. The maximum absolute atomic E-state index is 12.6. The maximum atomic E-state index is 12.6. The van der Waals surface area contributed by atoms with Crippen molar-refractivity contribution in [3.8, 4) is 0 Å². The SMILES string of the molecule is C[C@H](NC(=O)[C@H]1C[C@H](c2ccccc2)CN1)C(=O)NCc1cc2c(Br)cncc2[nH]1. The Morgan fingerprint density at radius 2 is 2.07 bits per heavy atom. The van der Waals surface area contributed by atoms with Gasteiger partial charge in [-0.05, 0) is 46.8 Å². The van der Waals surface area contributed by atoms with Gasteiger partial charge in [0.15, 0.2) is 0 Å². The normalized spacial score (nSPS) is 19.5. The molecule has 0 bridgehead atoms. The highest BCUT2D eigenvalue weighted by Crippen LogP contribution is 2.25. The van der Waals surface area contributed by atoms with Crippen molar-refractivity contribution in [1.82, 2.24) is 25.9 Å². The average molecular weight is 470 g/mol. The Labute approximate surface area is 183 Å². The minimum absolute atomic E-state index is 0.142. The lowest BCUT2D eigenvalue weighted by Crippen LogP contribution is -2.49. The fourth-order valence-electron chi connectivity index (χ4n) is 3.80. The summed E-state index contributed by atoms with van der Waals surface area (Å²) in [4.78, 5) is 32.4. The van der Waals surface area contributed by atoms with Crippen LogP contribution in [0.4, 0.5) is 0 Å². The molecule has 7 nitrogen and oxygen atoms in total. The van der Waals surface area contributed by atoms with Crippen molar-refractivity contribution in [2.24, 2.45) is 0 Å². The van der Waals surface area contributed by atoms with E-state index in [0.29, 0.717) is 12.5 Å². The number of carbonyl (C=O) groups is 2. The number of nitrogens with one attached hydrogen (secondary N) is 4. The molecule has 8 heteroatoms. The van der Waals surface area contributed by atoms with E-state index in [0.717, 1.165) is 34.0 Å². The van der Waals surface area contributed by atoms with Crippen molar-refractivity contribution >= 4 is 38.6 Å². The van der Waals surface area contributed by atoms with Crippen LogP contribution in [0.3, 0.4) is 0 Å². The van der Waals surface area contributed by atoms with Crippen LogP contribution in [-0.2, 0) is 16.1 Å². The van der Waals surface area contributed by atoms with Gasteiger partial charge in [0.05, 0.1) is 24.3 Å². The molecule has 0 saturated carbocycles. The Bertz CT molecular complexity index is 1050. The fourth-order valence-corrected chi connectivity index (χ4v) is 4.25. The number of amides is 2. The summed E-state index contributed by atoms with van der Waals surface area (Å²) in [6.07, 6.45) is 4.20. The number of aromatic amines is 1. The van der Waals surface area contributed by atoms with Gasteiger partial charge in [0.1, 0.15) is 6.04 Å². The van der Waals surface area contributed by atoms with E-state index in [9.17, 15) is 9.59 Å². The number of carbonyl (C=O) groups excluding carboxylic acids is 2. The van der Waals surface area contributed by atoms with E-state index in [1.807, 2.05) is 24.3 Å². The predicted molar refractivity (Wildman–Crippen MR) is 119 cm³/mol. The van der Waals surface area contributed by atoms with Crippen molar-refractivity contribution in [2.45, 2.75) is 37.9 Å². The summed E-state index contributed by atoms with van der Waals surface area (Å²) in [6, 6.07) is 11.2. The van der Waals surface area contributed by atoms with Gasteiger partial charge in [-0.3, -0.25) is 14.6 Å². The predicted octanol–water partition coefficient (Wildman–Crippen LogP) is 2.59. The van der Waals surface area contributed by atoms with Gasteiger partial charge in [0, 0.05) is 28.3 Å². The van der Waals surface area contributed by atoms with Gasteiger partial charge in [-0.15, -0.1) is 0 Å². The minimum atomic E-state index is -0.618. The summed E-state index contributed by atoms with van der Waals surface area (Å²) < 4.78 is 0.896. The van der Waals surface area contributed by atoms with E-state index in [4.69, 9.17) is 0 Å². The number of pyridine rings is 1. The molecule has 4 N–H and O–H groups in total. The molecular formula is C22H24BrN5O2. The highest BCUT2D eigenvalue weighted by molar-refractivity contribution is 9.10. The first-order valence-corrected chi connectivity index (χ1v) is 10.8. The lowest BCUT2D eigenvalue weighted by atomic mass is 9.96. The minimum Gasteiger partial charge on any atom is -0.356 e. The first-order chi connectivity index (χ1) is 14.5. The average Bonchev–Trinajstić information content (AvgIpc) is 3.40. The third-order valence-corrected chi connectivity index (χ3v) is 6.11. The molecule has 1 fully saturated rings. The van der Waals surface area contributed by atoms with Gasteiger partial charge in [0.2, 0.25) is 11.8 Å². The Morgan fingerprint density at radius 1 is 1.27 bits per heavy atom. The zero-order valence-corrected chi connectivity index (χ0v) is 18.2. The van der Waals surface area contributed by atoms with Crippen LogP contribution in [0, 0.1) is 0 Å². The van der Waals surface area contributed by atoms with Crippen molar-refractivity contribution < 1.29 is 9.59 Å². The highest BCUT2D eigenvalue weighted by Gasteiger charge is 2.31. The third kappa shape index (κ3) is 4.55. The smallest absolute Gasteiger partial charge is 0.242 e. The van der Waals surface area contributed by atoms with Crippen molar-refractivity contribution in [3.05, 3.63) is 64.5 Å². The lowest BCUT2D eigenvalue weighted by Gasteiger charge is -2.17. The Hall–Kier alpha value is -2.71. The Morgan fingerprint density at radius 3 is 2.83 bits per heavy atom. The highest BCUT2D eigenvalue weighted by atomic mass is 79.9. The van der Waals surface area contributed by atoms with Gasteiger partial charge in [-0.25, -0.2) is 0 Å². The van der Waals surface area contributed by atoms with E-state index in [1.54, 1.807) is 19.3 Å². The summed E-state index contributed by atoms with van der Waals surface area (Å²) in [5.74, 6) is -0.0598. The summed E-state index contributed by atoms with van der Waals surface area (Å²) in [5.41, 5.74) is 3.00.